The first-order chi connectivity index (χ1) is 2.21. The summed E-state index contributed by atoms with van der Waals surface area (Å²) in [5.41, 5.74) is 0. The summed E-state index contributed by atoms with van der Waals surface area (Å²) < 4.78 is -0.681. The van der Waals surface area contributed by atoms with Crippen LogP contribution in [0, 0.1) is 0 Å². The molecule has 0 N–H and O–H groups in total. The molecular formula is C2H2Cl2N. The SMILES string of the molecule is ClC1(Cl)C[N]1. The Labute approximate surface area is 40.3 Å². The maximum Gasteiger partial charge on any atom is 0.198 e. The van der Waals surface area contributed by atoms with Crippen molar-refractivity contribution in [3.63, 3.8) is 0 Å². The van der Waals surface area contributed by atoms with Crippen LogP contribution in [-0.2, 0) is 0 Å². The van der Waals surface area contributed by atoms with Crippen molar-refractivity contribution in [1.82, 2.24) is 5.32 Å². The van der Waals surface area contributed by atoms with E-state index in [9.17, 15) is 0 Å². The van der Waals surface area contributed by atoms with Gasteiger partial charge in [0.2, 0.25) is 0 Å². The molecule has 0 aromatic heterocycles. The van der Waals surface area contributed by atoms with Crippen molar-refractivity contribution in [2.75, 3.05) is 6.54 Å². The fraction of sp³-hybridized carbons (Fsp3) is 1.00. The molecular weight excluding hydrogens is 109 g/mol. The minimum absolute atomic E-state index is 0.607. The Morgan fingerprint density at radius 1 is 1.60 bits per heavy atom. The first kappa shape index (κ1) is 3.72. The number of halogens is 2. The minimum Gasteiger partial charge on any atom is -0.199 e. The fourth-order valence-electron chi connectivity index (χ4n) is 0.0598. The third kappa shape index (κ3) is 0.954. The van der Waals surface area contributed by atoms with Gasteiger partial charge >= 0.3 is 0 Å². The standard InChI is InChI=1S/C2H2Cl2N/c3-2(4)1-5-2/h1H2. The van der Waals surface area contributed by atoms with Crippen molar-refractivity contribution >= 4 is 23.2 Å². The molecule has 0 atom stereocenters. The minimum atomic E-state index is -0.681. The van der Waals surface area contributed by atoms with E-state index >= 15 is 0 Å². The lowest BCUT2D eigenvalue weighted by molar-refractivity contribution is 1.21. The van der Waals surface area contributed by atoms with Gasteiger partial charge in [-0.05, 0) is 0 Å². The molecule has 5 heavy (non-hydrogen) atoms. The molecule has 1 rings (SSSR count). The highest BCUT2D eigenvalue weighted by molar-refractivity contribution is 6.50. The predicted molar refractivity (Wildman–Crippen MR) is 21.4 cm³/mol. The quantitative estimate of drug-likeness (QED) is 0.248. The van der Waals surface area contributed by atoms with Crippen LogP contribution in [0.2, 0.25) is 0 Å². The van der Waals surface area contributed by atoms with Crippen LogP contribution in [0.15, 0.2) is 0 Å². The summed E-state index contributed by atoms with van der Waals surface area (Å²) in [4.78, 5) is 0. The number of rotatable bonds is 0. The molecule has 0 unspecified atom stereocenters. The molecule has 0 aromatic carbocycles. The topological polar surface area (TPSA) is 14.1 Å². The number of hydrogen-bond acceptors (Lipinski definition) is 0. The van der Waals surface area contributed by atoms with Crippen LogP contribution in [-0.4, -0.2) is 11.0 Å². The van der Waals surface area contributed by atoms with Gasteiger partial charge in [-0.25, -0.2) is 0 Å². The van der Waals surface area contributed by atoms with E-state index < -0.39 is 4.46 Å². The smallest absolute Gasteiger partial charge is 0.198 e. The van der Waals surface area contributed by atoms with Crippen molar-refractivity contribution < 1.29 is 0 Å². The van der Waals surface area contributed by atoms with Crippen LogP contribution < -0.4 is 5.32 Å². The summed E-state index contributed by atoms with van der Waals surface area (Å²) in [5, 5.41) is 3.57. The highest BCUT2D eigenvalue weighted by Crippen LogP contribution is 2.29. The van der Waals surface area contributed by atoms with E-state index in [0.717, 1.165) is 0 Å². The van der Waals surface area contributed by atoms with Gasteiger partial charge in [0.1, 0.15) is 0 Å². The van der Waals surface area contributed by atoms with Gasteiger partial charge in [0.05, 0.1) is 6.54 Å². The van der Waals surface area contributed by atoms with E-state index in [0.29, 0.717) is 6.54 Å². The average Bonchev–Trinajstić information content (AvgIpc) is 1.76. The van der Waals surface area contributed by atoms with Crippen LogP contribution in [0.1, 0.15) is 0 Å². The van der Waals surface area contributed by atoms with Crippen molar-refractivity contribution in [3.05, 3.63) is 0 Å². The first-order valence-corrected chi connectivity index (χ1v) is 2.03. The van der Waals surface area contributed by atoms with Crippen molar-refractivity contribution in [1.29, 1.82) is 0 Å². The van der Waals surface area contributed by atoms with Gasteiger partial charge in [-0.15, -0.1) is 0 Å². The van der Waals surface area contributed by atoms with Gasteiger partial charge in [0, 0.05) is 0 Å². The highest BCUT2D eigenvalue weighted by atomic mass is 35.5. The van der Waals surface area contributed by atoms with Crippen molar-refractivity contribution in [2.45, 2.75) is 4.46 Å². The van der Waals surface area contributed by atoms with Gasteiger partial charge in [-0.3, -0.25) is 0 Å². The summed E-state index contributed by atoms with van der Waals surface area (Å²) in [6.07, 6.45) is 0. The fourth-order valence-corrected chi connectivity index (χ4v) is 0.179. The summed E-state index contributed by atoms with van der Waals surface area (Å²) in [6, 6.07) is 0. The maximum absolute atomic E-state index is 5.24. The highest BCUT2D eigenvalue weighted by Gasteiger charge is 2.39. The van der Waals surface area contributed by atoms with Crippen LogP contribution >= 0.6 is 23.2 Å². The van der Waals surface area contributed by atoms with E-state index in [1.807, 2.05) is 0 Å². The second kappa shape index (κ2) is 0.780. The van der Waals surface area contributed by atoms with Gasteiger partial charge in [-0.1, -0.05) is 23.2 Å². The van der Waals surface area contributed by atoms with E-state index in [4.69, 9.17) is 23.2 Å². The van der Waals surface area contributed by atoms with Gasteiger partial charge in [0.25, 0.3) is 0 Å². The van der Waals surface area contributed by atoms with Crippen molar-refractivity contribution in [2.24, 2.45) is 0 Å². The Morgan fingerprint density at radius 2 is 1.80 bits per heavy atom. The normalized spacial score (nSPS) is 30.0. The van der Waals surface area contributed by atoms with Gasteiger partial charge in [0.15, 0.2) is 4.46 Å². The summed E-state index contributed by atoms with van der Waals surface area (Å²) in [5.74, 6) is 0. The van der Waals surface area contributed by atoms with Crippen LogP contribution in [0.3, 0.4) is 0 Å². The lowest BCUT2D eigenvalue weighted by atomic mass is 11.0. The zero-order valence-electron chi connectivity index (χ0n) is 2.41. The molecule has 0 aromatic rings. The molecule has 3 heteroatoms. The summed E-state index contributed by atoms with van der Waals surface area (Å²) in [7, 11) is 0. The van der Waals surface area contributed by atoms with E-state index in [-0.39, 0.29) is 0 Å². The molecule has 1 nitrogen and oxygen atoms in total. The Balaban J connectivity index is 2.38. The summed E-state index contributed by atoms with van der Waals surface area (Å²) in [6.45, 7) is 0.607. The molecule has 29 valence electrons. The molecule has 0 saturated carbocycles. The van der Waals surface area contributed by atoms with Crippen molar-refractivity contribution in [3.8, 4) is 0 Å². The monoisotopic (exact) mass is 110 g/mol. The second-order valence-electron chi connectivity index (χ2n) is 0.982. The largest absolute Gasteiger partial charge is 0.199 e. The summed E-state index contributed by atoms with van der Waals surface area (Å²) >= 11 is 10.5. The molecule has 0 aliphatic carbocycles. The molecule has 1 aliphatic rings. The third-order valence-corrected chi connectivity index (χ3v) is 0.875. The van der Waals surface area contributed by atoms with Gasteiger partial charge < -0.3 is 0 Å². The Morgan fingerprint density at radius 3 is 1.80 bits per heavy atom. The Kier molecular flexibility index (Phi) is 0.580. The number of alkyl halides is 2. The van der Waals surface area contributed by atoms with Crippen LogP contribution in [0.4, 0.5) is 0 Å². The van der Waals surface area contributed by atoms with E-state index in [1.165, 1.54) is 0 Å². The molecule has 1 saturated heterocycles. The van der Waals surface area contributed by atoms with Crippen LogP contribution in [0.5, 0.6) is 0 Å². The molecule has 1 heterocycles. The molecule has 1 radical (unpaired) electrons. The molecule has 0 bridgehead atoms. The Bertz CT molecular complexity index is 45.6. The average molecular weight is 111 g/mol. The van der Waals surface area contributed by atoms with Crippen LogP contribution in [0.25, 0.3) is 0 Å². The zero-order valence-corrected chi connectivity index (χ0v) is 3.92. The lowest BCUT2D eigenvalue weighted by Gasteiger charge is -1.75. The first-order valence-electron chi connectivity index (χ1n) is 1.27. The number of nitrogens with zero attached hydrogens (tertiary/aromatic N) is 1. The van der Waals surface area contributed by atoms with E-state index in [1.54, 1.807) is 0 Å². The van der Waals surface area contributed by atoms with E-state index in [2.05, 4.69) is 5.32 Å². The Hall–Kier alpha value is 0.540. The third-order valence-electron chi connectivity index (χ3n) is 0.397. The van der Waals surface area contributed by atoms with Gasteiger partial charge in [-0.2, -0.15) is 5.32 Å². The molecule has 1 fully saturated rings. The number of hydrogen-bond donors (Lipinski definition) is 0. The second-order valence-corrected chi connectivity index (χ2v) is 2.43. The predicted octanol–water partition coefficient (Wildman–Crippen LogP) is 0.736. The molecule has 0 amide bonds. The molecule has 1 aliphatic heterocycles. The maximum atomic E-state index is 5.24. The lowest BCUT2D eigenvalue weighted by Crippen LogP contribution is -1.82. The molecule has 0 spiro atoms. The zero-order chi connectivity index (χ0) is 3.91.